The van der Waals surface area contributed by atoms with Crippen LogP contribution in [0.2, 0.25) is 0 Å². The largest absolute Gasteiger partial charge is 0.481 e. The summed E-state index contributed by atoms with van der Waals surface area (Å²) in [5, 5.41) is 30.6. The fourth-order valence-electron chi connectivity index (χ4n) is 10.7. The maximum absolute atomic E-state index is 14.4. The van der Waals surface area contributed by atoms with E-state index in [1.807, 2.05) is 31.4 Å². The number of Topliss-reactive ketones (excluding diaryl/α,β-unsaturated/α-hetero) is 1. The first-order valence-electron chi connectivity index (χ1n) is 20.3. The summed E-state index contributed by atoms with van der Waals surface area (Å²) in [5.74, 6) is -4.08. The average molecular weight is 963 g/mol. The fourth-order valence-corrected chi connectivity index (χ4v) is 12.1. The number of amides is 3. The lowest BCUT2D eigenvalue weighted by Crippen LogP contribution is -2.63. The lowest BCUT2D eigenvalue weighted by molar-refractivity contribution is -0.200. The quantitative estimate of drug-likeness (QED) is 0.0932. The van der Waals surface area contributed by atoms with Gasteiger partial charge in [0.15, 0.2) is 23.5 Å². The van der Waals surface area contributed by atoms with Gasteiger partial charge in [0.2, 0.25) is 17.7 Å². The molecule has 0 unspecified atom stereocenters. The topological polar surface area (TPSA) is 264 Å². The van der Waals surface area contributed by atoms with E-state index < -0.39 is 84.9 Å². The van der Waals surface area contributed by atoms with E-state index in [9.17, 15) is 48.2 Å². The van der Waals surface area contributed by atoms with Crippen molar-refractivity contribution >= 4 is 76.0 Å². The Morgan fingerprint density at radius 2 is 1.84 bits per heavy atom. The van der Waals surface area contributed by atoms with E-state index in [0.29, 0.717) is 36.2 Å². The molecule has 10 atom stereocenters. The van der Waals surface area contributed by atoms with Crippen molar-refractivity contribution in [1.29, 1.82) is 0 Å². The summed E-state index contributed by atoms with van der Waals surface area (Å²) >= 11 is 4.34. The van der Waals surface area contributed by atoms with E-state index in [4.69, 9.17) is 19.1 Å². The molecule has 0 radical (unpaired) electrons. The van der Waals surface area contributed by atoms with Crippen LogP contribution in [0.1, 0.15) is 74.7 Å². The number of carbonyl (C=O) groups excluding carboxylic acids is 5. The standard InChI is InChI=1S/C42H49BrN3O14PS/c1-40-12-11-26(47)15-24(40)5-8-27-28-16-33-42(32(49)20-58-61(55,56)57,41(28,2)17-30(48)37(27)40)60-39(59-33)31-14-23(21-62-31)13-22-3-6-25(7-4-22)45-38(54)29(9-10-36(52)53)46-35(51)19-44-34(50)18-43/h3-4,6-7,11-12,14-15,21,27-30,33,37,39,48H,5,8-10,13,16-20H2,1-2H3,(H,44,50)(H,45,54)(H,46,51)(H,52,53)(H2,55,56,57)/t27-,28-,29-,30-,33+,37+,39+,40-,41-,42+/m0/s1. The molecule has 4 fully saturated rings. The van der Waals surface area contributed by atoms with Gasteiger partial charge in [0.05, 0.1) is 29.0 Å². The van der Waals surface area contributed by atoms with Crippen LogP contribution in [0.5, 0.6) is 0 Å². The monoisotopic (exact) mass is 961 g/mol. The minimum Gasteiger partial charge on any atom is -0.481 e. The number of thiophene rings is 1. The van der Waals surface area contributed by atoms with Gasteiger partial charge in [-0.25, -0.2) is 4.57 Å². The van der Waals surface area contributed by atoms with Gasteiger partial charge >= 0.3 is 13.8 Å². The minimum atomic E-state index is -5.03. The minimum absolute atomic E-state index is 0.0151. The summed E-state index contributed by atoms with van der Waals surface area (Å²) in [6, 6.07) is 7.64. The van der Waals surface area contributed by atoms with E-state index in [1.165, 1.54) is 11.3 Å². The maximum Gasteiger partial charge on any atom is 0.470 e. The zero-order valence-electron chi connectivity index (χ0n) is 33.9. The van der Waals surface area contributed by atoms with Crippen LogP contribution in [0.3, 0.4) is 0 Å². The number of aliphatic hydroxyl groups excluding tert-OH is 1. The molecule has 2 aromatic rings. The molecule has 334 valence electrons. The van der Waals surface area contributed by atoms with Crippen molar-refractivity contribution in [3.05, 3.63) is 75.5 Å². The molecule has 3 amide bonds. The Morgan fingerprint density at radius 1 is 1.10 bits per heavy atom. The van der Waals surface area contributed by atoms with Gasteiger partial charge in [0, 0.05) is 28.9 Å². The second kappa shape index (κ2) is 17.9. The highest BCUT2D eigenvalue weighted by Gasteiger charge is 2.76. The Labute approximate surface area is 369 Å². The molecule has 1 aliphatic heterocycles. The van der Waals surface area contributed by atoms with Crippen molar-refractivity contribution in [2.45, 2.75) is 88.9 Å². The Kier molecular flexibility index (Phi) is 13.3. The van der Waals surface area contributed by atoms with E-state index in [2.05, 4.69) is 31.9 Å². The number of fused-ring (bicyclic) bond motifs is 7. The molecule has 1 aromatic carbocycles. The Bertz CT molecular complexity index is 2240. The summed E-state index contributed by atoms with van der Waals surface area (Å²) in [4.78, 5) is 94.6. The van der Waals surface area contributed by atoms with Gasteiger partial charge in [0.1, 0.15) is 12.6 Å². The number of carboxylic acid groups (broad SMARTS) is 1. The molecular formula is C42H49BrN3O14PS. The number of aliphatic hydroxyl groups is 1. The molecule has 5 aliphatic rings. The van der Waals surface area contributed by atoms with Crippen molar-refractivity contribution in [2.24, 2.45) is 28.6 Å². The van der Waals surface area contributed by atoms with Crippen molar-refractivity contribution in [3.8, 4) is 0 Å². The number of hydrogen-bond acceptors (Lipinski definition) is 12. The number of aliphatic carboxylic acids is 1. The number of anilines is 1. The van der Waals surface area contributed by atoms with Gasteiger partial charge in [-0.15, -0.1) is 11.3 Å². The highest BCUT2D eigenvalue weighted by Crippen LogP contribution is 2.70. The number of hydrogen-bond donors (Lipinski definition) is 7. The van der Waals surface area contributed by atoms with Gasteiger partial charge < -0.3 is 45.4 Å². The molecule has 20 heteroatoms. The molecule has 3 saturated carbocycles. The third kappa shape index (κ3) is 9.06. The molecule has 0 spiro atoms. The van der Waals surface area contributed by atoms with Crippen LogP contribution < -0.4 is 16.0 Å². The van der Waals surface area contributed by atoms with Gasteiger partial charge in [-0.1, -0.05) is 53.6 Å². The number of alkyl halides is 1. The molecular weight excluding hydrogens is 913 g/mol. The number of nitrogens with one attached hydrogen (secondary N) is 3. The zero-order chi connectivity index (χ0) is 44.8. The second-order valence-electron chi connectivity index (χ2n) is 17.1. The van der Waals surface area contributed by atoms with Crippen molar-refractivity contribution < 1.29 is 67.3 Å². The molecule has 1 saturated heterocycles. The van der Waals surface area contributed by atoms with Gasteiger partial charge in [-0.3, -0.25) is 33.3 Å². The van der Waals surface area contributed by atoms with Crippen molar-refractivity contribution in [1.82, 2.24) is 10.6 Å². The van der Waals surface area contributed by atoms with Crippen molar-refractivity contribution in [3.63, 3.8) is 0 Å². The number of carboxylic acids is 1. The molecule has 0 bridgehead atoms. The highest BCUT2D eigenvalue weighted by atomic mass is 79.9. The van der Waals surface area contributed by atoms with Crippen LogP contribution in [-0.2, 0) is 53.8 Å². The maximum atomic E-state index is 14.4. The van der Waals surface area contributed by atoms with E-state index in [1.54, 1.807) is 36.4 Å². The number of ether oxygens (including phenoxy) is 2. The van der Waals surface area contributed by atoms with Crippen LogP contribution >= 0.6 is 35.1 Å². The van der Waals surface area contributed by atoms with Gasteiger partial charge in [-0.05, 0) is 97.2 Å². The molecule has 2 heterocycles. The van der Waals surface area contributed by atoms with Crippen LogP contribution in [-0.4, -0.2) is 97.6 Å². The molecule has 7 N–H and O–H groups in total. The molecule has 62 heavy (non-hydrogen) atoms. The van der Waals surface area contributed by atoms with E-state index in [0.717, 1.165) is 16.7 Å². The first kappa shape index (κ1) is 46.1. The third-order valence-corrected chi connectivity index (χ3v) is 15.4. The number of phosphoric ester groups is 1. The number of carbonyl (C=O) groups is 6. The highest BCUT2D eigenvalue weighted by molar-refractivity contribution is 9.09. The summed E-state index contributed by atoms with van der Waals surface area (Å²) in [6.07, 6.45) is 4.21. The van der Waals surface area contributed by atoms with Gasteiger partial charge in [-0.2, -0.15) is 0 Å². The first-order valence-corrected chi connectivity index (χ1v) is 23.8. The lowest BCUT2D eigenvalue weighted by atomic mass is 9.46. The van der Waals surface area contributed by atoms with Gasteiger partial charge in [0.25, 0.3) is 0 Å². The predicted molar refractivity (Wildman–Crippen MR) is 226 cm³/mol. The van der Waals surface area contributed by atoms with Crippen LogP contribution in [0.15, 0.2) is 59.5 Å². The fraction of sp³-hybridized carbons (Fsp3) is 0.524. The molecule has 1 aromatic heterocycles. The summed E-state index contributed by atoms with van der Waals surface area (Å²) < 4.78 is 29.9. The molecule has 7 rings (SSSR count). The van der Waals surface area contributed by atoms with Crippen LogP contribution in [0.25, 0.3) is 0 Å². The van der Waals surface area contributed by atoms with Crippen molar-refractivity contribution in [2.75, 3.05) is 23.8 Å². The van der Waals surface area contributed by atoms with E-state index >= 15 is 0 Å². The number of halogens is 1. The smallest absolute Gasteiger partial charge is 0.470 e. The third-order valence-electron chi connectivity index (χ3n) is 13.4. The average Bonchev–Trinajstić information content (AvgIpc) is 3.90. The normalized spacial score (nSPS) is 31.5. The van der Waals surface area contributed by atoms with Crippen LogP contribution in [0, 0.1) is 28.6 Å². The number of allylic oxidation sites excluding steroid dienone is 4. The second-order valence-corrected chi connectivity index (χ2v) is 19.9. The van der Waals surface area contributed by atoms with E-state index in [-0.39, 0.29) is 54.7 Å². The summed E-state index contributed by atoms with van der Waals surface area (Å²) in [7, 11) is -5.03. The summed E-state index contributed by atoms with van der Waals surface area (Å²) in [6.45, 7) is 2.64. The number of ketones is 2. The Balaban J connectivity index is 1.05. The Morgan fingerprint density at radius 3 is 2.53 bits per heavy atom. The lowest BCUT2D eigenvalue weighted by Gasteiger charge is -2.59. The number of phosphoric acid groups is 1. The number of rotatable bonds is 16. The SMILES string of the molecule is C[C@]12C=CC(=O)C=C1CC[C@@H]1[C@@H]2[C@@H](O)C[C@@]2(C)[C@H]1C[C@H]1O[C@@H](c3cc(Cc4ccc(NC(=O)[C@H](CCC(=O)O)NC(=O)CNC(=O)CBr)cc4)cs3)O[C@]12C(=O)COP(=O)(O)O. The number of benzene rings is 1. The van der Waals surface area contributed by atoms with Crippen LogP contribution in [0.4, 0.5) is 5.69 Å². The zero-order valence-corrected chi connectivity index (χ0v) is 37.2. The molecule has 17 nitrogen and oxygen atoms in total. The predicted octanol–water partition coefficient (Wildman–Crippen LogP) is 3.86. The summed E-state index contributed by atoms with van der Waals surface area (Å²) in [5.41, 5.74) is -0.109. The molecule has 4 aliphatic carbocycles. The Hall–Kier alpha value is -3.91. The first-order chi connectivity index (χ1) is 29.3.